The number of carbonyl (C=O) groups excluding carboxylic acids is 1. The molecule has 0 aromatic heterocycles. The van der Waals surface area contributed by atoms with Gasteiger partial charge in [0.2, 0.25) is 5.91 Å². The summed E-state index contributed by atoms with van der Waals surface area (Å²) in [5.41, 5.74) is 2.16. The number of para-hydroxylation sites is 2. The van der Waals surface area contributed by atoms with Gasteiger partial charge in [-0.25, -0.2) is 0 Å². The number of amides is 1. The number of anilines is 2. The molecule has 1 heterocycles. The number of amidine groups is 1. The summed E-state index contributed by atoms with van der Waals surface area (Å²) in [5, 5.41) is 5.92. The summed E-state index contributed by atoms with van der Waals surface area (Å²) < 4.78 is 28.0. The average molecular weight is 361 g/mol. The SMILES string of the molecule is Cc1ccccc1NC(=O)CSC1=NS(=O)(=O)c2ccccc2N1. The van der Waals surface area contributed by atoms with E-state index in [-0.39, 0.29) is 21.7 Å². The number of rotatable bonds is 3. The Kier molecular flexibility index (Phi) is 4.59. The number of fused-ring (bicyclic) bond motifs is 1. The van der Waals surface area contributed by atoms with Gasteiger partial charge in [0.25, 0.3) is 10.0 Å². The molecule has 0 fully saturated rings. The standard InChI is InChI=1S/C16H15N3O3S2/c1-11-6-2-3-7-12(11)17-15(20)10-23-16-18-13-8-4-5-9-14(13)24(21,22)19-16/h2-9H,10H2,1H3,(H,17,20)(H,18,19). The Labute approximate surface area is 144 Å². The van der Waals surface area contributed by atoms with E-state index < -0.39 is 10.0 Å². The molecular weight excluding hydrogens is 346 g/mol. The first kappa shape index (κ1) is 16.5. The van der Waals surface area contributed by atoms with Crippen molar-refractivity contribution in [3.8, 4) is 0 Å². The number of aryl methyl sites for hydroxylation is 1. The third kappa shape index (κ3) is 3.60. The van der Waals surface area contributed by atoms with Crippen molar-refractivity contribution in [2.24, 2.45) is 4.40 Å². The molecule has 0 saturated heterocycles. The number of sulfonamides is 1. The van der Waals surface area contributed by atoms with Crippen molar-refractivity contribution in [3.63, 3.8) is 0 Å². The van der Waals surface area contributed by atoms with Crippen LogP contribution in [0, 0.1) is 6.92 Å². The second-order valence-electron chi connectivity index (χ2n) is 5.14. The number of nitrogens with zero attached hydrogens (tertiary/aromatic N) is 1. The van der Waals surface area contributed by atoms with Crippen LogP contribution in [0.2, 0.25) is 0 Å². The zero-order valence-electron chi connectivity index (χ0n) is 12.8. The number of benzene rings is 2. The van der Waals surface area contributed by atoms with Crippen molar-refractivity contribution in [2.45, 2.75) is 11.8 Å². The van der Waals surface area contributed by atoms with E-state index in [0.29, 0.717) is 5.69 Å². The molecular formula is C16H15N3O3S2. The third-order valence-corrected chi connectivity index (χ3v) is 5.69. The first-order chi connectivity index (χ1) is 11.5. The quantitative estimate of drug-likeness (QED) is 0.878. The van der Waals surface area contributed by atoms with E-state index in [1.54, 1.807) is 18.2 Å². The Balaban J connectivity index is 1.67. The highest BCUT2D eigenvalue weighted by molar-refractivity contribution is 8.15. The van der Waals surface area contributed by atoms with Crippen LogP contribution in [0.1, 0.15) is 5.56 Å². The minimum Gasteiger partial charge on any atom is -0.333 e. The molecule has 0 bridgehead atoms. The summed E-state index contributed by atoms with van der Waals surface area (Å²) in [6, 6.07) is 14.0. The van der Waals surface area contributed by atoms with Gasteiger partial charge in [0.05, 0.1) is 11.4 Å². The van der Waals surface area contributed by atoms with Crippen LogP contribution >= 0.6 is 11.8 Å². The van der Waals surface area contributed by atoms with E-state index in [1.807, 2.05) is 31.2 Å². The fourth-order valence-electron chi connectivity index (χ4n) is 2.19. The molecule has 2 N–H and O–H groups in total. The Bertz CT molecular complexity index is 924. The molecule has 1 aliphatic heterocycles. The highest BCUT2D eigenvalue weighted by Gasteiger charge is 2.24. The molecule has 0 radical (unpaired) electrons. The van der Waals surface area contributed by atoms with E-state index in [2.05, 4.69) is 15.0 Å². The molecule has 0 saturated carbocycles. The maximum atomic E-state index is 12.1. The lowest BCUT2D eigenvalue weighted by atomic mass is 10.2. The minimum atomic E-state index is -3.73. The van der Waals surface area contributed by atoms with Gasteiger partial charge < -0.3 is 10.6 Å². The number of carbonyl (C=O) groups is 1. The van der Waals surface area contributed by atoms with Gasteiger partial charge in [0.15, 0.2) is 5.17 Å². The van der Waals surface area contributed by atoms with Crippen LogP contribution in [-0.4, -0.2) is 25.2 Å². The van der Waals surface area contributed by atoms with Gasteiger partial charge in [-0.3, -0.25) is 4.79 Å². The van der Waals surface area contributed by atoms with E-state index >= 15 is 0 Å². The Morgan fingerprint density at radius 2 is 1.88 bits per heavy atom. The van der Waals surface area contributed by atoms with E-state index in [0.717, 1.165) is 23.0 Å². The summed E-state index contributed by atoms with van der Waals surface area (Å²) in [7, 11) is -3.73. The first-order valence-corrected chi connectivity index (χ1v) is 9.57. The van der Waals surface area contributed by atoms with Crippen molar-refractivity contribution < 1.29 is 13.2 Å². The second kappa shape index (κ2) is 6.66. The highest BCUT2D eigenvalue weighted by atomic mass is 32.2. The molecule has 0 aliphatic carbocycles. The van der Waals surface area contributed by atoms with Gasteiger partial charge in [0.1, 0.15) is 4.90 Å². The zero-order valence-corrected chi connectivity index (χ0v) is 14.4. The molecule has 6 nitrogen and oxygen atoms in total. The first-order valence-electron chi connectivity index (χ1n) is 7.15. The highest BCUT2D eigenvalue weighted by Crippen LogP contribution is 2.29. The molecule has 24 heavy (non-hydrogen) atoms. The molecule has 8 heteroatoms. The minimum absolute atomic E-state index is 0.0534. The predicted molar refractivity (Wildman–Crippen MR) is 97.0 cm³/mol. The van der Waals surface area contributed by atoms with Crippen LogP contribution in [0.25, 0.3) is 0 Å². The molecule has 124 valence electrons. The molecule has 1 amide bonds. The lowest BCUT2D eigenvalue weighted by Gasteiger charge is -2.17. The number of thioether (sulfide) groups is 1. The fraction of sp³-hybridized carbons (Fsp3) is 0.125. The van der Waals surface area contributed by atoms with Crippen molar-refractivity contribution in [2.75, 3.05) is 16.4 Å². The average Bonchev–Trinajstić information content (AvgIpc) is 2.55. The second-order valence-corrected chi connectivity index (χ2v) is 7.68. The topological polar surface area (TPSA) is 87.6 Å². The molecule has 0 spiro atoms. The predicted octanol–water partition coefficient (Wildman–Crippen LogP) is 2.84. The van der Waals surface area contributed by atoms with Crippen molar-refractivity contribution in [1.82, 2.24) is 0 Å². The van der Waals surface area contributed by atoms with Gasteiger partial charge in [0, 0.05) is 5.69 Å². The summed E-state index contributed by atoms with van der Waals surface area (Å²) in [4.78, 5) is 12.2. The lowest BCUT2D eigenvalue weighted by Crippen LogP contribution is -2.22. The number of nitrogens with one attached hydrogen (secondary N) is 2. The fourth-order valence-corrected chi connectivity index (χ4v) is 4.22. The molecule has 2 aromatic carbocycles. The molecule has 1 aliphatic rings. The molecule has 3 rings (SSSR count). The maximum Gasteiger partial charge on any atom is 0.286 e. The zero-order chi connectivity index (χ0) is 17.2. The van der Waals surface area contributed by atoms with Crippen molar-refractivity contribution in [3.05, 3.63) is 54.1 Å². The van der Waals surface area contributed by atoms with Crippen LogP contribution in [0.15, 0.2) is 57.8 Å². The maximum absolute atomic E-state index is 12.1. The summed E-state index contributed by atoms with van der Waals surface area (Å²) in [6.45, 7) is 1.90. The van der Waals surface area contributed by atoms with Gasteiger partial charge in [-0.05, 0) is 30.7 Å². The van der Waals surface area contributed by atoms with Crippen molar-refractivity contribution in [1.29, 1.82) is 0 Å². The van der Waals surface area contributed by atoms with Gasteiger partial charge in [-0.2, -0.15) is 8.42 Å². The number of hydrogen-bond donors (Lipinski definition) is 2. The molecule has 0 atom stereocenters. The smallest absolute Gasteiger partial charge is 0.286 e. The van der Waals surface area contributed by atoms with Crippen LogP contribution < -0.4 is 10.6 Å². The largest absolute Gasteiger partial charge is 0.333 e. The van der Waals surface area contributed by atoms with E-state index in [1.165, 1.54) is 6.07 Å². The van der Waals surface area contributed by atoms with Crippen LogP contribution in [0.4, 0.5) is 11.4 Å². The van der Waals surface area contributed by atoms with Crippen LogP contribution in [-0.2, 0) is 14.8 Å². The Hall–Kier alpha value is -2.32. The lowest BCUT2D eigenvalue weighted by molar-refractivity contribution is -0.113. The Morgan fingerprint density at radius 1 is 1.17 bits per heavy atom. The summed E-state index contributed by atoms with van der Waals surface area (Å²) in [5.74, 6) is -0.173. The molecule has 2 aromatic rings. The molecule has 0 unspecified atom stereocenters. The Morgan fingerprint density at radius 3 is 2.67 bits per heavy atom. The van der Waals surface area contributed by atoms with Gasteiger partial charge in [-0.1, -0.05) is 42.1 Å². The van der Waals surface area contributed by atoms with Crippen LogP contribution in [0.3, 0.4) is 0 Å². The third-order valence-electron chi connectivity index (χ3n) is 3.37. The summed E-state index contributed by atoms with van der Waals surface area (Å²) in [6.07, 6.45) is 0. The normalized spacial score (nSPS) is 15.0. The van der Waals surface area contributed by atoms with Gasteiger partial charge in [-0.15, -0.1) is 4.40 Å². The van der Waals surface area contributed by atoms with E-state index in [9.17, 15) is 13.2 Å². The number of hydrogen-bond acceptors (Lipinski definition) is 5. The van der Waals surface area contributed by atoms with Gasteiger partial charge >= 0.3 is 0 Å². The summed E-state index contributed by atoms with van der Waals surface area (Å²) >= 11 is 1.04. The monoisotopic (exact) mass is 361 g/mol. The van der Waals surface area contributed by atoms with E-state index in [4.69, 9.17) is 0 Å². The van der Waals surface area contributed by atoms with Crippen LogP contribution in [0.5, 0.6) is 0 Å². The van der Waals surface area contributed by atoms with Crippen molar-refractivity contribution >= 4 is 44.2 Å².